The third kappa shape index (κ3) is 3.43. The number of piperidine rings is 1. The van der Waals surface area contributed by atoms with E-state index in [1.807, 2.05) is 24.7 Å². The summed E-state index contributed by atoms with van der Waals surface area (Å²) in [6.07, 6.45) is 5.00. The molecule has 6 nitrogen and oxygen atoms in total. The van der Waals surface area contributed by atoms with Crippen molar-refractivity contribution in [2.24, 2.45) is 13.0 Å². The highest BCUT2D eigenvalue weighted by Crippen LogP contribution is 2.31. The first-order valence-electron chi connectivity index (χ1n) is 8.71. The first-order valence-corrected chi connectivity index (χ1v) is 8.71. The van der Waals surface area contributed by atoms with Crippen molar-refractivity contribution in [2.45, 2.75) is 45.6 Å². The first-order chi connectivity index (χ1) is 11.5. The van der Waals surface area contributed by atoms with Crippen LogP contribution in [0, 0.1) is 12.8 Å². The summed E-state index contributed by atoms with van der Waals surface area (Å²) >= 11 is 0. The molecule has 6 heteroatoms. The van der Waals surface area contributed by atoms with Gasteiger partial charge in [-0.1, -0.05) is 13.8 Å². The summed E-state index contributed by atoms with van der Waals surface area (Å²) in [5.74, 6) is 3.24. The number of aliphatic hydroxyl groups excluding tert-OH is 1. The van der Waals surface area contributed by atoms with Gasteiger partial charge in [-0.05, 0) is 31.6 Å². The number of hydrogen-bond acceptors (Lipinski definition) is 5. The third-order valence-corrected chi connectivity index (χ3v) is 4.87. The minimum atomic E-state index is -0.495. The van der Waals surface area contributed by atoms with Crippen molar-refractivity contribution in [1.29, 1.82) is 0 Å². The van der Waals surface area contributed by atoms with E-state index in [9.17, 15) is 5.11 Å². The molecule has 24 heavy (non-hydrogen) atoms. The van der Waals surface area contributed by atoms with Gasteiger partial charge < -0.3 is 14.6 Å². The topological polar surface area (TPSA) is 67.1 Å². The monoisotopic (exact) mass is 329 g/mol. The van der Waals surface area contributed by atoms with Crippen molar-refractivity contribution in [3.05, 3.63) is 35.8 Å². The van der Waals surface area contributed by atoms with E-state index in [-0.39, 0.29) is 5.92 Å². The second kappa shape index (κ2) is 6.89. The maximum Gasteiger partial charge on any atom is 0.137 e. The quantitative estimate of drug-likeness (QED) is 0.934. The molecule has 1 aliphatic rings. The number of nitrogens with zero attached hydrogens (tertiary/aromatic N) is 5. The third-order valence-electron chi connectivity index (χ3n) is 4.87. The van der Waals surface area contributed by atoms with Crippen LogP contribution in [-0.2, 0) is 7.05 Å². The Hall–Kier alpha value is -1.95. The molecule has 1 atom stereocenters. The lowest BCUT2D eigenvalue weighted by Crippen LogP contribution is -2.36. The van der Waals surface area contributed by atoms with Crippen LogP contribution < -0.4 is 4.90 Å². The number of aryl methyl sites for hydroxylation is 2. The molecule has 3 rings (SSSR count). The van der Waals surface area contributed by atoms with Crippen molar-refractivity contribution in [1.82, 2.24) is 19.5 Å². The molecular formula is C18H27N5O. The van der Waals surface area contributed by atoms with Crippen LogP contribution in [0.25, 0.3) is 0 Å². The zero-order valence-electron chi connectivity index (χ0n) is 15.0. The molecule has 0 saturated carbocycles. The summed E-state index contributed by atoms with van der Waals surface area (Å²) in [5.41, 5.74) is 1.09. The molecule has 2 aromatic rings. The standard InChI is InChI=1S/C18H27N5O/c1-12(2)15-11-16(21-13(3)20-15)23-8-5-14(6-9-23)17(24)18-19-7-10-22(18)4/h7,10-12,14,17,24H,5-6,8-9H2,1-4H3/t17-/m0/s1. The summed E-state index contributed by atoms with van der Waals surface area (Å²) in [4.78, 5) is 15.7. The Morgan fingerprint density at radius 2 is 1.92 bits per heavy atom. The Kier molecular flexibility index (Phi) is 4.85. The molecule has 1 saturated heterocycles. The fraction of sp³-hybridized carbons (Fsp3) is 0.611. The first kappa shape index (κ1) is 16.9. The van der Waals surface area contributed by atoms with Gasteiger partial charge in [-0.25, -0.2) is 15.0 Å². The average molecular weight is 329 g/mol. The number of aromatic nitrogens is 4. The van der Waals surface area contributed by atoms with E-state index in [0.717, 1.165) is 49.1 Å². The molecule has 1 aliphatic heterocycles. The second-order valence-corrected chi connectivity index (χ2v) is 7.02. The van der Waals surface area contributed by atoms with Gasteiger partial charge in [-0.3, -0.25) is 0 Å². The van der Waals surface area contributed by atoms with Crippen LogP contribution >= 0.6 is 0 Å². The van der Waals surface area contributed by atoms with E-state index in [0.29, 0.717) is 5.92 Å². The zero-order valence-corrected chi connectivity index (χ0v) is 15.0. The molecule has 0 bridgehead atoms. The lowest BCUT2D eigenvalue weighted by atomic mass is 9.90. The molecule has 1 fully saturated rings. The number of imidazole rings is 1. The highest BCUT2D eigenvalue weighted by molar-refractivity contribution is 5.41. The molecule has 0 spiro atoms. The predicted molar refractivity (Wildman–Crippen MR) is 94.0 cm³/mol. The highest BCUT2D eigenvalue weighted by atomic mass is 16.3. The Labute approximate surface area is 143 Å². The van der Waals surface area contributed by atoms with E-state index in [1.54, 1.807) is 6.20 Å². The fourth-order valence-electron chi connectivity index (χ4n) is 3.35. The number of aliphatic hydroxyl groups is 1. The summed E-state index contributed by atoms with van der Waals surface area (Å²) < 4.78 is 1.90. The van der Waals surface area contributed by atoms with Crippen LogP contribution in [0.2, 0.25) is 0 Å². The molecule has 2 aromatic heterocycles. The van der Waals surface area contributed by atoms with Gasteiger partial charge in [0.1, 0.15) is 23.6 Å². The van der Waals surface area contributed by atoms with Crippen LogP contribution in [0.15, 0.2) is 18.5 Å². The van der Waals surface area contributed by atoms with Crippen molar-refractivity contribution in [3.63, 3.8) is 0 Å². The molecule has 130 valence electrons. The molecule has 0 radical (unpaired) electrons. The molecule has 0 unspecified atom stereocenters. The van der Waals surface area contributed by atoms with E-state index in [1.165, 1.54) is 0 Å². The van der Waals surface area contributed by atoms with Crippen molar-refractivity contribution in [3.8, 4) is 0 Å². The Morgan fingerprint density at radius 1 is 1.21 bits per heavy atom. The van der Waals surface area contributed by atoms with Crippen LogP contribution in [0.5, 0.6) is 0 Å². The van der Waals surface area contributed by atoms with E-state index >= 15 is 0 Å². The van der Waals surface area contributed by atoms with Gasteiger partial charge in [0.25, 0.3) is 0 Å². The molecule has 0 amide bonds. The highest BCUT2D eigenvalue weighted by Gasteiger charge is 2.29. The largest absolute Gasteiger partial charge is 0.385 e. The Morgan fingerprint density at radius 3 is 2.50 bits per heavy atom. The normalized spacial score (nSPS) is 17.5. The zero-order chi connectivity index (χ0) is 17.3. The summed E-state index contributed by atoms with van der Waals surface area (Å²) in [7, 11) is 1.93. The Bertz CT molecular complexity index is 688. The summed E-state index contributed by atoms with van der Waals surface area (Å²) in [6.45, 7) is 8.06. The van der Waals surface area contributed by atoms with Crippen molar-refractivity contribution < 1.29 is 5.11 Å². The number of rotatable bonds is 4. The maximum atomic E-state index is 10.6. The lowest BCUT2D eigenvalue weighted by Gasteiger charge is -2.35. The summed E-state index contributed by atoms with van der Waals surface area (Å²) in [6, 6.07) is 2.10. The van der Waals surface area contributed by atoms with Gasteiger partial charge in [0.15, 0.2) is 0 Å². The molecule has 3 heterocycles. The smallest absolute Gasteiger partial charge is 0.137 e. The van der Waals surface area contributed by atoms with E-state index in [2.05, 4.69) is 39.8 Å². The molecule has 1 N–H and O–H groups in total. The Balaban J connectivity index is 1.68. The van der Waals surface area contributed by atoms with Crippen LogP contribution in [0.3, 0.4) is 0 Å². The van der Waals surface area contributed by atoms with Crippen molar-refractivity contribution in [2.75, 3.05) is 18.0 Å². The number of anilines is 1. The van der Waals surface area contributed by atoms with Crippen LogP contribution in [0.4, 0.5) is 5.82 Å². The van der Waals surface area contributed by atoms with Gasteiger partial charge >= 0.3 is 0 Å². The minimum absolute atomic E-state index is 0.245. The SMILES string of the molecule is Cc1nc(C(C)C)cc(N2CCC([C@H](O)c3nccn3C)CC2)n1. The maximum absolute atomic E-state index is 10.6. The minimum Gasteiger partial charge on any atom is -0.385 e. The van der Waals surface area contributed by atoms with E-state index in [4.69, 9.17) is 0 Å². The van der Waals surface area contributed by atoms with E-state index < -0.39 is 6.10 Å². The lowest BCUT2D eigenvalue weighted by molar-refractivity contribution is 0.0824. The summed E-state index contributed by atoms with van der Waals surface area (Å²) in [5, 5.41) is 10.6. The van der Waals surface area contributed by atoms with Gasteiger partial charge in [0, 0.05) is 44.3 Å². The fourth-order valence-corrected chi connectivity index (χ4v) is 3.35. The van der Waals surface area contributed by atoms with Crippen LogP contribution in [-0.4, -0.2) is 37.7 Å². The van der Waals surface area contributed by atoms with Gasteiger partial charge in [0.2, 0.25) is 0 Å². The van der Waals surface area contributed by atoms with Gasteiger partial charge in [-0.15, -0.1) is 0 Å². The molecule has 0 aliphatic carbocycles. The predicted octanol–water partition coefficient (Wildman–Crippen LogP) is 2.59. The van der Waals surface area contributed by atoms with Gasteiger partial charge in [-0.2, -0.15) is 0 Å². The average Bonchev–Trinajstić information content (AvgIpc) is 2.99. The number of hydrogen-bond donors (Lipinski definition) is 1. The van der Waals surface area contributed by atoms with Crippen molar-refractivity contribution >= 4 is 5.82 Å². The molecular weight excluding hydrogens is 302 g/mol. The second-order valence-electron chi connectivity index (χ2n) is 7.02. The molecule has 0 aromatic carbocycles. The van der Waals surface area contributed by atoms with Crippen LogP contribution in [0.1, 0.15) is 56.1 Å². The van der Waals surface area contributed by atoms with Gasteiger partial charge in [0.05, 0.1) is 0 Å².